The topological polar surface area (TPSA) is 20.3 Å². The summed E-state index contributed by atoms with van der Waals surface area (Å²) in [6, 6.07) is 5.98. The second-order valence-corrected chi connectivity index (χ2v) is 5.74. The lowest BCUT2D eigenvalue weighted by Gasteiger charge is -2.21. The van der Waals surface area contributed by atoms with E-state index in [1.807, 2.05) is 4.90 Å². The zero-order valence-electron chi connectivity index (χ0n) is 11.7. The van der Waals surface area contributed by atoms with E-state index in [9.17, 15) is 9.18 Å². The molecule has 0 aliphatic carbocycles. The Bertz CT molecular complexity index is 444. The van der Waals surface area contributed by atoms with E-state index in [-0.39, 0.29) is 11.7 Å². The highest BCUT2D eigenvalue weighted by Crippen LogP contribution is 2.25. The molecule has 0 radical (unpaired) electrons. The van der Waals surface area contributed by atoms with Gasteiger partial charge in [0.05, 0.1) is 0 Å². The minimum absolute atomic E-state index is 0.0380. The number of hydrogen-bond donors (Lipinski definition) is 0. The van der Waals surface area contributed by atoms with Gasteiger partial charge >= 0.3 is 0 Å². The van der Waals surface area contributed by atoms with Gasteiger partial charge in [0.25, 0.3) is 5.91 Å². The van der Waals surface area contributed by atoms with Crippen molar-refractivity contribution in [1.29, 1.82) is 0 Å². The highest BCUT2D eigenvalue weighted by atomic mass is 19.1. The Morgan fingerprint density at radius 3 is 2.79 bits per heavy atom. The maximum Gasteiger partial charge on any atom is 0.253 e. The summed E-state index contributed by atoms with van der Waals surface area (Å²) in [4.78, 5) is 14.2. The molecule has 1 aromatic carbocycles. The summed E-state index contributed by atoms with van der Waals surface area (Å²) in [5.74, 6) is 0.985. The molecule has 0 spiro atoms. The van der Waals surface area contributed by atoms with E-state index in [1.165, 1.54) is 18.6 Å². The molecule has 104 valence electrons. The average Bonchev–Trinajstić information content (AvgIpc) is 2.63. The molecule has 0 aromatic heterocycles. The van der Waals surface area contributed by atoms with Crippen LogP contribution < -0.4 is 0 Å². The Balaban J connectivity index is 2.04. The number of amides is 1. The van der Waals surface area contributed by atoms with Gasteiger partial charge in [-0.3, -0.25) is 4.79 Å². The Labute approximate surface area is 114 Å². The molecular weight excluding hydrogens is 241 g/mol. The van der Waals surface area contributed by atoms with Crippen molar-refractivity contribution in [2.45, 2.75) is 33.1 Å². The molecule has 0 bridgehead atoms. The van der Waals surface area contributed by atoms with Gasteiger partial charge in [0, 0.05) is 18.7 Å². The minimum Gasteiger partial charge on any atom is -0.339 e. The molecule has 1 unspecified atom stereocenters. The third kappa shape index (κ3) is 3.55. The van der Waals surface area contributed by atoms with Crippen LogP contribution >= 0.6 is 0 Å². The van der Waals surface area contributed by atoms with Gasteiger partial charge < -0.3 is 4.90 Å². The fourth-order valence-electron chi connectivity index (χ4n) is 2.80. The maximum atomic E-state index is 13.2. The van der Waals surface area contributed by atoms with Crippen LogP contribution in [0.2, 0.25) is 0 Å². The van der Waals surface area contributed by atoms with Crippen molar-refractivity contribution in [3.8, 4) is 0 Å². The molecule has 1 amide bonds. The third-order valence-corrected chi connectivity index (χ3v) is 4.07. The molecule has 2 nitrogen and oxygen atoms in total. The summed E-state index contributed by atoms with van der Waals surface area (Å²) in [6.07, 6.45) is 3.28. The molecular formula is C16H22FNO. The quantitative estimate of drug-likeness (QED) is 0.796. The summed E-state index contributed by atoms with van der Waals surface area (Å²) in [6.45, 7) is 6.07. The van der Waals surface area contributed by atoms with E-state index >= 15 is 0 Å². The van der Waals surface area contributed by atoms with Gasteiger partial charge in [0.2, 0.25) is 0 Å². The van der Waals surface area contributed by atoms with E-state index < -0.39 is 0 Å². The summed E-state index contributed by atoms with van der Waals surface area (Å²) >= 11 is 0. The van der Waals surface area contributed by atoms with E-state index in [0.29, 0.717) is 17.4 Å². The highest BCUT2D eigenvalue weighted by Gasteiger charge is 2.23. The van der Waals surface area contributed by atoms with Crippen molar-refractivity contribution < 1.29 is 9.18 Å². The Kier molecular flexibility index (Phi) is 4.56. The molecule has 0 N–H and O–H groups in total. The lowest BCUT2D eigenvalue weighted by Crippen LogP contribution is -2.32. The lowest BCUT2D eigenvalue weighted by molar-refractivity contribution is 0.0758. The van der Waals surface area contributed by atoms with Crippen LogP contribution in [0.1, 0.15) is 43.5 Å². The van der Waals surface area contributed by atoms with Crippen molar-refractivity contribution in [2.75, 3.05) is 13.1 Å². The predicted molar refractivity (Wildman–Crippen MR) is 74.5 cm³/mol. The van der Waals surface area contributed by atoms with Crippen LogP contribution in [-0.4, -0.2) is 23.9 Å². The largest absolute Gasteiger partial charge is 0.339 e. The maximum absolute atomic E-state index is 13.2. The van der Waals surface area contributed by atoms with Crippen molar-refractivity contribution >= 4 is 5.91 Å². The van der Waals surface area contributed by atoms with Crippen LogP contribution in [0.3, 0.4) is 0 Å². The van der Waals surface area contributed by atoms with Crippen molar-refractivity contribution in [2.24, 2.45) is 11.8 Å². The summed E-state index contributed by atoms with van der Waals surface area (Å²) in [5, 5.41) is 0. The zero-order valence-corrected chi connectivity index (χ0v) is 11.7. The number of hydrogen-bond acceptors (Lipinski definition) is 1. The van der Waals surface area contributed by atoms with Gasteiger partial charge in [-0.05, 0) is 49.3 Å². The first-order chi connectivity index (χ1) is 9.08. The van der Waals surface area contributed by atoms with E-state index in [0.717, 1.165) is 25.9 Å². The van der Waals surface area contributed by atoms with Gasteiger partial charge in [-0.15, -0.1) is 0 Å². The average molecular weight is 263 g/mol. The molecule has 0 saturated carbocycles. The molecule has 1 aliphatic rings. The summed E-state index contributed by atoms with van der Waals surface area (Å²) in [5.41, 5.74) is 0.461. The van der Waals surface area contributed by atoms with Gasteiger partial charge in [-0.1, -0.05) is 19.9 Å². The van der Waals surface area contributed by atoms with E-state index in [2.05, 4.69) is 13.8 Å². The Hall–Kier alpha value is -1.38. The molecule has 1 aliphatic heterocycles. The van der Waals surface area contributed by atoms with Crippen LogP contribution in [-0.2, 0) is 0 Å². The van der Waals surface area contributed by atoms with E-state index in [4.69, 9.17) is 0 Å². The summed E-state index contributed by atoms with van der Waals surface area (Å²) in [7, 11) is 0. The lowest BCUT2D eigenvalue weighted by atomic mass is 9.89. The van der Waals surface area contributed by atoms with Crippen LogP contribution in [0, 0.1) is 17.7 Å². The first kappa shape index (κ1) is 14.0. The van der Waals surface area contributed by atoms with Gasteiger partial charge in [-0.2, -0.15) is 0 Å². The molecule has 2 rings (SSSR count). The highest BCUT2D eigenvalue weighted by molar-refractivity contribution is 5.94. The molecule has 1 aromatic rings. The molecule has 1 fully saturated rings. The SMILES string of the molecule is CC(C)C1CCCN(C(=O)c2cccc(F)c2)CC1. The fourth-order valence-corrected chi connectivity index (χ4v) is 2.80. The fraction of sp³-hybridized carbons (Fsp3) is 0.562. The van der Waals surface area contributed by atoms with Gasteiger partial charge in [0.15, 0.2) is 0 Å². The third-order valence-electron chi connectivity index (χ3n) is 4.07. The van der Waals surface area contributed by atoms with Crippen LogP contribution in [0.15, 0.2) is 24.3 Å². The van der Waals surface area contributed by atoms with Crippen LogP contribution in [0.5, 0.6) is 0 Å². The standard InChI is InChI=1S/C16H22FNO/c1-12(2)13-6-4-9-18(10-8-13)16(19)14-5-3-7-15(17)11-14/h3,5,7,11-13H,4,6,8-10H2,1-2H3. The van der Waals surface area contributed by atoms with Crippen LogP contribution in [0.25, 0.3) is 0 Å². The van der Waals surface area contributed by atoms with E-state index in [1.54, 1.807) is 12.1 Å². The van der Waals surface area contributed by atoms with Crippen molar-refractivity contribution in [1.82, 2.24) is 4.90 Å². The number of carbonyl (C=O) groups excluding carboxylic acids is 1. The van der Waals surface area contributed by atoms with Crippen molar-refractivity contribution in [3.63, 3.8) is 0 Å². The second-order valence-electron chi connectivity index (χ2n) is 5.74. The van der Waals surface area contributed by atoms with Crippen molar-refractivity contribution in [3.05, 3.63) is 35.6 Å². The normalized spacial score (nSPS) is 20.4. The van der Waals surface area contributed by atoms with Gasteiger partial charge in [-0.25, -0.2) is 4.39 Å². The molecule has 1 heterocycles. The first-order valence-electron chi connectivity index (χ1n) is 7.13. The number of likely N-dealkylation sites (tertiary alicyclic amines) is 1. The molecule has 19 heavy (non-hydrogen) atoms. The predicted octanol–water partition coefficient (Wildman–Crippen LogP) is 3.72. The summed E-state index contributed by atoms with van der Waals surface area (Å²) < 4.78 is 13.2. The monoisotopic (exact) mass is 263 g/mol. The first-order valence-corrected chi connectivity index (χ1v) is 7.13. The molecule has 1 saturated heterocycles. The van der Waals surface area contributed by atoms with Gasteiger partial charge in [0.1, 0.15) is 5.82 Å². The second kappa shape index (κ2) is 6.18. The molecule has 1 atom stereocenters. The number of benzene rings is 1. The number of nitrogens with zero attached hydrogens (tertiary/aromatic N) is 1. The smallest absolute Gasteiger partial charge is 0.253 e. The molecule has 3 heteroatoms. The Morgan fingerprint density at radius 1 is 1.32 bits per heavy atom. The number of rotatable bonds is 2. The number of halogens is 1. The van der Waals surface area contributed by atoms with Crippen LogP contribution in [0.4, 0.5) is 4.39 Å². The Morgan fingerprint density at radius 2 is 2.11 bits per heavy atom. The zero-order chi connectivity index (χ0) is 13.8. The number of carbonyl (C=O) groups is 1. The minimum atomic E-state index is -0.347.